The van der Waals surface area contributed by atoms with Crippen LogP contribution in [0.3, 0.4) is 0 Å². The molecular weight excluding hydrogens is 1620 g/mol. The second-order valence-electron chi connectivity index (χ2n) is 35.7. The number of halogens is 1. The number of hydrogen-bond donors (Lipinski definition) is 7. The number of benzene rings is 3. The number of piperidine rings is 3. The van der Waals surface area contributed by atoms with Gasteiger partial charge in [-0.2, -0.15) is 0 Å². The second kappa shape index (κ2) is 32.4. The first kappa shape index (κ1) is 89.1. The molecule has 8 saturated heterocycles. The Morgan fingerprint density at radius 1 is 0.508 bits per heavy atom. The number of ether oxygens (including phenoxy) is 12. The summed E-state index contributed by atoms with van der Waals surface area (Å²) < 4.78 is 65.5. The molecule has 662 valence electrons. The minimum atomic E-state index is -1.86. The first-order valence-corrected chi connectivity index (χ1v) is 41.1. The maximum Gasteiger partial charge on any atom is 0.338 e. The molecular formula is C86H105ClN4O31. The summed E-state index contributed by atoms with van der Waals surface area (Å²) in [5.74, 6) is -8.45. The third-order valence-electron chi connectivity index (χ3n) is 27.0. The first-order chi connectivity index (χ1) is 56.9. The van der Waals surface area contributed by atoms with E-state index >= 15 is 0 Å². The molecule has 0 aromatic heterocycles. The SMILES string of the molecule is C1CCOC1.CC1(C)OC(=O)[C@@H](CC(=O)O)O1.CC1(C)OC(=O)[C@@H](CC(=O)ON2C(=O)CCC2=O)O1.CN1CC[C@]23c4c5ccc(O)c4O[C@H]2C(OC(=O)C[C@@H](O)C(=O)O)=CC[C@@]3(O)[C@H]1C5.Cc1ccc2c3c1O[C@H]1C(=O)CC[C@@]4(O)[C@@H](C2)N(C)CC[C@]314.Cc1ccc2c3c1O[C@H]1C(OC(=O)C[C@H]4OC(C)(C)OC4=O)=CC[C@@]4(O)[C@@H](C2)N(C)CC[C@]314.Cl. The van der Waals surface area contributed by atoms with Crippen molar-refractivity contribution in [3.05, 3.63) is 105 Å². The molecule has 17 aliphatic rings. The Labute approximate surface area is 708 Å². The highest BCUT2D eigenvalue weighted by Gasteiger charge is 2.76. The Bertz CT molecular complexity index is 4860. The van der Waals surface area contributed by atoms with Gasteiger partial charge in [-0.1, -0.05) is 30.3 Å². The number of Topliss-reactive ketones (excluding diaryl/α,β-unsaturated/α-hetero) is 1. The lowest BCUT2D eigenvalue weighted by Gasteiger charge is -2.62. The number of phenols is 1. The molecule has 6 aliphatic carbocycles. The fourth-order valence-electron chi connectivity index (χ4n) is 21.6. The summed E-state index contributed by atoms with van der Waals surface area (Å²) in [4.78, 5) is 138. The van der Waals surface area contributed by atoms with Crippen LogP contribution < -0.4 is 14.2 Å². The third kappa shape index (κ3) is 14.9. The van der Waals surface area contributed by atoms with Crippen molar-refractivity contribution >= 4 is 77.8 Å². The van der Waals surface area contributed by atoms with E-state index in [1.807, 2.05) is 27.0 Å². The minimum absolute atomic E-state index is 0. The van der Waals surface area contributed by atoms with Crippen LogP contribution in [-0.4, -0.2) is 270 Å². The van der Waals surface area contributed by atoms with Gasteiger partial charge in [0, 0.05) is 122 Å². The zero-order valence-corrected chi connectivity index (χ0v) is 70.6. The second-order valence-corrected chi connectivity index (χ2v) is 35.7. The number of aryl methyl sites for hydroxylation is 2. The molecule has 6 bridgehead atoms. The number of phenolic OH excluding ortho intramolecular Hbond substituents is 1. The number of ketones is 1. The Balaban J connectivity index is 0.000000126. The minimum Gasteiger partial charge on any atom is -0.504 e. The van der Waals surface area contributed by atoms with E-state index in [9.17, 15) is 78.3 Å². The van der Waals surface area contributed by atoms with Crippen LogP contribution >= 0.6 is 12.4 Å². The number of nitrogens with zero attached hydrogens (tertiary/aromatic N) is 4. The summed E-state index contributed by atoms with van der Waals surface area (Å²) in [7, 11) is 6.12. The molecule has 2 amide bonds. The van der Waals surface area contributed by atoms with Gasteiger partial charge >= 0.3 is 47.8 Å². The highest BCUT2D eigenvalue weighted by Crippen LogP contribution is 2.68. The predicted octanol–water partition coefficient (Wildman–Crippen LogP) is 4.30. The molecule has 3 spiro atoms. The number of amides is 2. The number of cyclic esters (lactones) is 3. The number of rotatable bonds is 12. The largest absolute Gasteiger partial charge is 0.504 e. The number of carboxylic acids is 2. The van der Waals surface area contributed by atoms with Crippen LogP contribution in [0.2, 0.25) is 0 Å². The van der Waals surface area contributed by atoms with Gasteiger partial charge in [-0.3, -0.25) is 28.8 Å². The molecule has 3 aromatic carbocycles. The number of likely N-dealkylation sites (tertiary alicyclic amines) is 3. The van der Waals surface area contributed by atoms with Crippen molar-refractivity contribution in [3.8, 4) is 23.0 Å². The van der Waals surface area contributed by atoms with Crippen molar-refractivity contribution in [1.82, 2.24) is 19.8 Å². The molecule has 1 saturated carbocycles. The van der Waals surface area contributed by atoms with E-state index in [2.05, 4.69) is 57.9 Å². The number of aliphatic hydroxyl groups excluding tert-OH is 1. The topological polar surface area (TPSA) is 462 Å². The Kier molecular flexibility index (Phi) is 23.6. The van der Waals surface area contributed by atoms with Crippen LogP contribution in [0, 0.1) is 13.8 Å². The van der Waals surface area contributed by atoms with Gasteiger partial charge in [-0.05, 0) is 158 Å². The Hall–Kier alpha value is -9.24. The Morgan fingerprint density at radius 2 is 0.902 bits per heavy atom. The van der Waals surface area contributed by atoms with Crippen molar-refractivity contribution in [3.63, 3.8) is 0 Å². The van der Waals surface area contributed by atoms with Crippen molar-refractivity contribution in [2.45, 2.75) is 282 Å². The molecule has 3 aromatic rings. The van der Waals surface area contributed by atoms with E-state index in [-0.39, 0.29) is 79.9 Å². The molecule has 122 heavy (non-hydrogen) atoms. The number of aliphatic hydroxyl groups is 4. The molecule has 11 heterocycles. The number of esters is 5. The monoisotopic (exact) mass is 1720 g/mol. The van der Waals surface area contributed by atoms with Gasteiger partial charge in [0.1, 0.15) is 23.0 Å². The number of carbonyl (C=O) groups excluding carboxylic acids is 9. The highest BCUT2D eigenvalue weighted by atomic mass is 35.5. The maximum atomic E-state index is 12.8. The summed E-state index contributed by atoms with van der Waals surface area (Å²) in [6.07, 6.45) is 3.28. The number of aliphatic carboxylic acids is 2. The molecule has 11 aliphatic heterocycles. The number of carbonyl (C=O) groups is 11. The van der Waals surface area contributed by atoms with E-state index in [0.29, 0.717) is 61.6 Å². The maximum absolute atomic E-state index is 12.8. The van der Waals surface area contributed by atoms with Crippen molar-refractivity contribution in [2.24, 2.45) is 0 Å². The average Bonchev–Trinajstić information content (AvgIpc) is 1.47. The van der Waals surface area contributed by atoms with Gasteiger partial charge in [0.25, 0.3) is 11.8 Å². The van der Waals surface area contributed by atoms with Crippen LogP contribution in [0.4, 0.5) is 0 Å². The van der Waals surface area contributed by atoms with E-state index in [1.165, 1.54) is 37.8 Å². The molecule has 20 rings (SSSR count). The molecule has 36 heteroatoms. The van der Waals surface area contributed by atoms with Crippen molar-refractivity contribution in [2.75, 3.05) is 54.0 Å². The van der Waals surface area contributed by atoms with Gasteiger partial charge < -0.3 is 112 Å². The number of hydroxylamine groups is 2. The van der Waals surface area contributed by atoms with Crippen molar-refractivity contribution in [1.29, 1.82) is 0 Å². The van der Waals surface area contributed by atoms with Crippen LogP contribution in [0.15, 0.2) is 60.1 Å². The smallest absolute Gasteiger partial charge is 0.338 e. The predicted molar refractivity (Wildman–Crippen MR) is 419 cm³/mol. The summed E-state index contributed by atoms with van der Waals surface area (Å²) in [5, 5.41) is 73.3. The zero-order chi connectivity index (χ0) is 87.1. The summed E-state index contributed by atoms with van der Waals surface area (Å²) in [5.41, 5.74) is 3.41. The molecule has 9 fully saturated rings. The van der Waals surface area contributed by atoms with E-state index in [0.717, 1.165) is 90.4 Å². The lowest BCUT2D eigenvalue weighted by Crippen LogP contribution is -2.76. The summed E-state index contributed by atoms with van der Waals surface area (Å²) >= 11 is 0. The standard InChI is InChI=1S/C25H29NO7.C21H23NO8.C18H21NO3.C11H13NO7.C7H10O5.C4H8O.ClH/c1-13-5-6-14-11-17-25(29)8-7-15(30-18(27)12-16-22(28)33-23(2,3)32-16)21-24(25,9-10-26(17)4)19(14)20(13)31-21;1-22-7-6-20-16-10-2-3-11(23)17(16)30-18(20)13(4-5-21(20,28)14(22)8-10)29-15(25)9-12(24)19(26)27;1-10-3-4-11-9-13-18(21)6-5-12(20)16-17(18,7-8-19(13)2)14(11)15(10)22-16;1-11(2)17-6(10(16)18-11)5-9(15)19-12-7(13)3-4-8(12)14;1-7(2)11-4(3-5(8)9)6(10)12-7;1-2-4-5-3-1;/h5-7,16-17,21,29H,8-12H2,1-4H3;2-4,12,14,18,23-24,28H,5-9H2,1H3,(H,26,27);3-4,13,16,21H,5-9H2,1-2H3;6H,3-5H2,1-2H3;4H,3H2,1-2H3,(H,8,9);1-4H2;1H/t16-,17-,21+,24+,25-;12-,14-,18+,20+,21-;13-,16+,17+,18-;6-;4-;;/m11111../s1. The van der Waals surface area contributed by atoms with Gasteiger partial charge in [-0.25, -0.2) is 24.0 Å². The molecule has 0 radical (unpaired) electrons. The van der Waals surface area contributed by atoms with Crippen LogP contribution in [-0.2, 0) is 136 Å². The van der Waals surface area contributed by atoms with E-state index in [1.54, 1.807) is 45.9 Å². The molecule has 16 atom stereocenters. The quantitative estimate of drug-likeness (QED) is 0.0755. The van der Waals surface area contributed by atoms with Gasteiger partial charge in [0.2, 0.25) is 17.4 Å². The van der Waals surface area contributed by atoms with Crippen LogP contribution in [0.5, 0.6) is 23.0 Å². The van der Waals surface area contributed by atoms with E-state index in [4.69, 9.17) is 67.1 Å². The van der Waals surface area contributed by atoms with Crippen molar-refractivity contribution < 1.29 is 150 Å². The van der Waals surface area contributed by atoms with Gasteiger partial charge in [0.05, 0.1) is 58.7 Å². The normalized spacial score (nSPS) is 33.9. The zero-order valence-electron chi connectivity index (χ0n) is 69.8. The lowest BCUT2D eigenvalue weighted by atomic mass is 9.49. The fourth-order valence-corrected chi connectivity index (χ4v) is 21.6. The number of hydrogen-bond acceptors (Lipinski definition) is 32. The fraction of sp³-hybridized carbons (Fsp3) is 0.616. The van der Waals surface area contributed by atoms with Gasteiger partial charge in [-0.15, -0.1) is 17.5 Å². The number of likely N-dealkylation sites (N-methyl/N-ethyl adjacent to an activating group) is 3. The van der Waals surface area contributed by atoms with Crippen LogP contribution in [0.1, 0.15) is 182 Å². The van der Waals surface area contributed by atoms with Gasteiger partial charge in [0.15, 0.2) is 60.0 Å². The number of imide groups is 1. The number of carboxylic acid groups (broad SMARTS) is 2. The highest BCUT2D eigenvalue weighted by molar-refractivity contribution is 6.02. The van der Waals surface area contributed by atoms with Crippen LogP contribution in [0.25, 0.3) is 0 Å². The first-order valence-electron chi connectivity index (χ1n) is 41.1. The summed E-state index contributed by atoms with van der Waals surface area (Å²) in [6, 6.07) is 11.8. The molecule has 0 unspecified atom stereocenters. The lowest BCUT2D eigenvalue weighted by molar-refractivity contribution is -0.200. The third-order valence-corrected chi connectivity index (χ3v) is 27.0. The average molecular weight is 1730 g/mol. The molecule has 35 nitrogen and oxygen atoms in total. The number of aromatic hydroxyl groups is 1. The Morgan fingerprint density at radius 3 is 1.32 bits per heavy atom. The molecule has 7 N–H and O–H groups in total. The van der Waals surface area contributed by atoms with E-state index < -0.39 is 166 Å². The summed E-state index contributed by atoms with van der Waals surface area (Å²) in [6.45, 7) is 17.9.